The van der Waals surface area contributed by atoms with Crippen LogP contribution in [-0.2, 0) is 9.59 Å². The van der Waals surface area contributed by atoms with Crippen molar-refractivity contribution in [1.29, 1.82) is 0 Å². The Labute approximate surface area is 149 Å². The molecule has 3 N–H and O–H groups in total. The highest BCUT2D eigenvalue weighted by atomic mass is 35.5. The Kier molecular flexibility index (Phi) is 8.01. The molecule has 7 heteroatoms. The second-order valence-corrected chi connectivity index (χ2v) is 6.18. The molecule has 0 aromatic heterocycles. The minimum absolute atomic E-state index is 0. The smallest absolute Gasteiger partial charge is 0.265 e. The molecule has 1 aromatic rings. The van der Waals surface area contributed by atoms with Crippen molar-refractivity contribution < 1.29 is 14.3 Å². The van der Waals surface area contributed by atoms with Crippen LogP contribution in [0.25, 0.3) is 0 Å². The van der Waals surface area contributed by atoms with Crippen LogP contribution < -0.4 is 20.7 Å². The molecule has 0 unspecified atom stereocenters. The van der Waals surface area contributed by atoms with Crippen molar-refractivity contribution in [2.24, 2.45) is 11.7 Å². The largest absolute Gasteiger partial charge is 0.482 e. The normalized spacial score (nSPS) is 14.5. The highest BCUT2D eigenvalue weighted by Crippen LogP contribution is 2.31. The summed E-state index contributed by atoms with van der Waals surface area (Å²) >= 11 is 0. The minimum atomic E-state index is -0.472. The lowest BCUT2D eigenvalue weighted by atomic mass is 10.0. The van der Waals surface area contributed by atoms with E-state index in [2.05, 4.69) is 5.32 Å². The summed E-state index contributed by atoms with van der Waals surface area (Å²) in [6.45, 7) is 5.17. The number of nitrogens with two attached hydrogens (primary N) is 1. The van der Waals surface area contributed by atoms with Crippen LogP contribution in [0.2, 0.25) is 0 Å². The molecule has 0 saturated carbocycles. The summed E-state index contributed by atoms with van der Waals surface area (Å²) in [5.41, 5.74) is 6.62. The van der Waals surface area contributed by atoms with E-state index in [0.29, 0.717) is 31.8 Å². The number of hydrogen-bond donors (Lipinski definition) is 2. The molecular weight excluding hydrogens is 330 g/mol. The van der Waals surface area contributed by atoms with Gasteiger partial charge in [-0.15, -0.1) is 12.4 Å². The molecule has 1 aliphatic rings. The zero-order chi connectivity index (χ0) is 16.8. The Hall–Kier alpha value is -1.79. The van der Waals surface area contributed by atoms with E-state index in [-0.39, 0.29) is 30.8 Å². The number of hydrogen-bond acceptors (Lipinski definition) is 4. The number of halogens is 1. The van der Waals surface area contributed by atoms with Gasteiger partial charge in [-0.3, -0.25) is 9.59 Å². The first-order valence-corrected chi connectivity index (χ1v) is 8.04. The summed E-state index contributed by atoms with van der Waals surface area (Å²) in [6.07, 6.45) is 1.33. The second kappa shape index (κ2) is 9.49. The van der Waals surface area contributed by atoms with Crippen LogP contribution in [0, 0.1) is 5.92 Å². The van der Waals surface area contributed by atoms with Gasteiger partial charge in [0.05, 0.1) is 11.7 Å². The van der Waals surface area contributed by atoms with E-state index in [4.69, 9.17) is 10.5 Å². The fourth-order valence-corrected chi connectivity index (χ4v) is 2.59. The second-order valence-electron chi connectivity index (χ2n) is 6.18. The first kappa shape index (κ1) is 20.3. The summed E-state index contributed by atoms with van der Waals surface area (Å²) in [7, 11) is 0. The number of ether oxygens (including phenoxy) is 1. The van der Waals surface area contributed by atoms with Gasteiger partial charge in [-0.25, -0.2) is 0 Å². The molecule has 0 fully saturated rings. The Morgan fingerprint density at radius 1 is 1.38 bits per heavy atom. The Balaban J connectivity index is 0.00000288. The lowest BCUT2D eigenvalue weighted by molar-refractivity contribution is -0.122. The maximum atomic E-state index is 12.0. The fourth-order valence-electron chi connectivity index (χ4n) is 2.59. The molecule has 2 rings (SSSR count). The van der Waals surface area contributed by atoms with Crippen molar-refractivity contribution in [3.63, 3.8) is 0 Å². The molecule has 1 aliphatic heterocycles. The summed E-state index contributed by atoms with van der Waals surface area (Å²) in [5, 5.41) is 2.83. The van der Waals surface area contributed by atoms with Gasteiger partial charge in [0.1, 0.15) is 5.75 Å². The van der Waals surface area contributed by atoms with E-state index < -0.39 is 6.04 Å². The Bertz CT molecular complexity index is 566. The average Bonchev–Trinajstić information content (AvgIpc) is 2.52. The van der Waals surface area contributed by atoms with E-state index >= 15 is 0 Å². The topological polar surface area (TPSA) is 84.7 Å². The van der Waals surface area contributed by atoms with Crippen molar-refractivity contribution >= 4 is 29.9 Å². The molecule has 134 valence electrons. The molecule has 0 spiro atoms. The van der Waals surface area contributed by atoms with Gasteiger partial charge in [0.25, 0.3) is 5.91 Å². The van der Waals surface area contributed by atoms with Crippen molar-refractivity contribution in [2.75, 3.05) is 24.6 Å². The summed E-state index contributed by atoms with van der Waals surface area (Å²) < 4.78 is 5.40. The molecule has 0 bridgehead atoms. The predicted molar refractivity (Wildman–Crippen MR) is 96.6 cm³/mol. The van der Waals surface area contributed by atoms with Crippen LogP contribution in [0.1, 0.15) is 26.7 Å². The van der Waals surface area contributed by atoms with Gasteiger partial charge < -0.3 is 20.7 Å². The number of anilines is 1. The number of rotatable bonds is 7. The number of para-hydroxylation sites is 2. The van der Waals surface area contributed by atoms with Gasteiger partial charge in [0, 0.05) is 13.1 Å². The highest BCUT2D eigenvalue weighted by molar-refractivity contribution is 5.97. The van der Waals surface area contributed by atoms with E-state index in [0.717, 1.165) is 11.4 Å². The molecule has 6 nitrogen and oxygen atoms in total. The van der Waals surface area contributed by atoms with Crippen molar-refractivity contribution in [1.82, 2.24) is 5.32 Å². The van der Waals surface area contributed by atoms with Crippen LogP contribution in [-0.4, -0.2) is 37.6 Å². The molecule has 0 aliphatic carbocycles. The molecule has 1 aromatic carbocycles. The highest BCUT2D eigenvalue weighted by Gasteiger charge is 2.24. The molecule has 2 amide bonds. The SMILES string of the molecule is CC(C)C[C@H](N)C(=O)NCCCN1C(=O)COc2ccccc21.Cl. The molecular formula is C17H26ClN3O3. The minimum Gasteiger partial charge on any atom is -0.482 e. The molecule has 0 saturated heterocycles. The lowest BCUT2D eigenvalue weighted by Gasteiger charge is -2.29. The standard InChI is InChI=1S/C17H25N3O3.ClH/c1-12(2)10-13(18)17(22)19-8-5-9-20-14-6-3-4-7-15(14)23-11-16(20)21;/h3-4,6-7,12-13H,5,8-11,18H2,1-2H3,(H,19,22);1H/t13-;/m0./s1. The van der Waals surface area contributed by atoms with Gasteiger partial charge in [-0.2, -0.15) is 0 Å². The Morgan fingerprint density at radius 2 is 2.08 bits per heavy atom. The molecule has 0 radical (unpaired) electrons. The van der Waals surface area contributed by atoms with Crippen LogP contribution in [0.15, 0.2) is 24.3 Å². The number of nitrogens with one attached hydrogen (secondary N) is 1. The van der Waals surface area contributed by atoms with E-state index in [1.807, 2.05) is 38.1 Å². The summed E-state index contributed by atoms with van der Waals surface area (Å²) in [4.78, 5) is 25.6. The molecule has 24 heavy (non-hydrogen) atoms. The van der Waals surface area contributed by atoms with Gasteiger partial charge in [-0.05, 0) is 30.9 Å². The van der Waals surface area contributed by atoms with Crippen LogP contribution in [0.5, 0.6) is 5.75 Å². The van der Waals surface area contributed by atoms with Crippen molar-refractivity contribution in [2.45, 2.75) is 32.7 Å². The fraction of sp³-hybridized carbons (Fsp3) is 0.529. The lowest BCUT2D eigenvalue weighted by Crippen LogP contribution is -2.43. The first-order chi connectivity index (χ1) is 11.0. The van der Waals surface area contributed by atoms with Gasteiger partial charge in [0.2, 0.25) is 5.91 Å². The van der Waals surface area contributed by atoms with Crippen molar-refractivity contribution in [3.05, 3.63) is 24.3 Å². The van der Waals surface area contributed by atoms with Gasteiger partial charge in [0.15, 0.2) is 6.61 Å². The predicted octanol–water partition coefficient (Wildman–Crippen LogP) is 1.71. The van der Waals surface area contributed by atoms with Crippen LogP contribution >= 0.6 is 12.4 Å². The van der Waals surface area contributed by atoms with E-state index in [1.165, 1.54) is 0 Å². The first-order valence-electron chi connectivity index (χ1n) is 8.04. The van der Waals surface area contributed by atoms with Crippen LogP contribution in [0.4, 0.5) is 5.69 Å². The van der Waals surface area contributed by atoms with Gasteiger partial charge >= 0.3 is 0 Å². The van der Waals surface area contributed by atoms with E-state index in [1.54, 1.807) is 4.90 Å². The third-order valence-electron chi connectivity index (χ3n) is 3.73. The number of amides is 2. The maximum Gasteiger partial charge on any atom is 0.265 e. The summed E-state index contributed by atoms with van der Waals surface area (Å²) in [6, 6.07) is 7.00. The Morgan fingerprint density at radius 3 is 2.79 bits per heavy atom. The van der Waals surface area contributed by atoms with E-state index in [9.17, 15) is 9.59 Å². The zero-order valence-corrected chi connectivity index (χ0v) is 15.0. The average molecular weight is 356 g/mol. The van der Waals surface area contributed by atoms with Crippen molar-refractivity contribution in [3.8, 4) is 5.75 Å². The maximum absolute atomic E-state index is 12.0. The van der Waals surface area contributed by atoms with Crippen LogP contribution in [0.3, 0.4) is 0 Å². The third kappa shape index (κ3) is 5.39. The van der Waals surface area contributed by atoms with Gasteiger partial charge in [-0.1, -0.05) is 26.0 Å². The quantitative estimate of drug-likeness (QED) is 0.729. The monoisotopic (exact) mass is 355 g/mol. The number of fused-ring (bicyclic) bond motifs is 1. The zero-order valence-electron chi connectivity index (χ0n) is 14.2. The number of nitrogens with zero attached hydrogens (tertiary/aromatic N) is 1. The summed E-state index contributed by atoms with van der Waals surface area (Å²) in [5.74, 6) is 0.909. The molecule has 1 heterocycles. The number of carbonyl (C=O) groups is 2. The number of carbonyl (C=O) groups excluding carboxylic acids is 2. The number of benzene rings is 1. The third-order valence-corrected chi connectivity index (χ3v) is 3.73. The molecule has 1 atom stereocenters.